The lowest BCUT2D eigenvalue weighted by Crippen LogP contribution is -2.52. The van der Waals surface area contributed by atoms with Crippen LogP contribution in [0.25, 0.3) is 0 Å². The molecule has 0 bridgehead atoms. The van der Waals surface area contributed by atoms with E-state index in [9.17, 15) is 0 Å². The summed E-state index contributed by atoms with van der Waals surface area (Å²) in [7, 11) is 2.22. The summed E-state index contributed by atoms with van der Waals surface area (Å²) in [4.78, 5) is 9.64. The van der Waals surface area contributed by atoms with Crippen molar-refractivity contribution in [3.05, 3.63) is 47.2 Å². The third-order valence-corrected chi connectivity index (χ3v) is 4.56. The van der Waals surface area contributed by atoms with Crippen LogP contribution >= 0.6 is 0 Å². The predicted molar refractivity (Wildman–Crippen MR) is 88.7 cm³/mol. The number of fused-ring (bicyclic) bond motifs is 3. The van der Waals surface area contributed by atoms with Crippen LogP contribution in [0, 0.1) is 0 Å². The first-order chi connectivity index (χ1) is 10.2. The van der Waals surface area contributed by atoms with Gasteiger partial charge in [-0.15, -0.1) is 0 Å². The van der Waals surface area contributed by atoms with E-state index in [1.807, 2.05) is 6.20 Å². The fourth-order valence-corrected chi connectivity index (χ4v) is 3.44. The maximum atomic E-state index is 4.69. The molecule has 2 aliphatic heterocycles. The Balaban J connectivity index is 2.07. The molecule has 112 valence electrons. The van der Waals surface area contributed by atoms with E-state index >= 15 is 0 Å². The van der Waals surface area contributed by atoms with Crippen LogP contribution in [0.15, 0.2) is 41.6 Å². The van der Waals surface area contributed by atoms with E-state index in [0.29, 0.717) is 6.04 Å². The summed E-state index contributed by atoms with van der Waals surface area (Å²) in [6.07, 6.45) is 8.66. The molecule has 3 rings (SSSR count). The van der Waals surface area contributed by atoms with E-state index in [-0.39, 0.29) is 0 Å². The topological polar surface area (TPSA) is 19.4 Å². The monoisotopic (exact) mass is 283 g/mol. The van der Waals surface area contributed by atoms with E-state index in [2.05, 4.69) is 55.0 Å². The Bertz CT molecular complexity index is 574. The maximum Gasteiger partial charge on any atom is 0.132 e. The fourth-order valence-electron chi connectivity index (χ4n) is 3.44. The smallest absolute Gasteiger partial charge is 0.132 e. The van der Waals surface area contributed by atoms with Crippen LogP contribution in [0.5, 0.6) is 0 Å². The lowest BCUT2D eigenvalue weighted by molar-refractivity contribution is 0.282. The summed E-state index contributed by atoms with van der Waals surface area (Å²) < 4.78 is 0. The number of hydrogen-bond donors (Lipinski definition) is 0. The minimum Gasteiger partial charge on any atom is -0.347 e. The first-order valence-electron chi connectivity index (χ1n) is 7.96. The summed E-state index contributed by atoms with van der Waals surface area (Å²) in [6, 6.07) is 4.72. The first kappa shape index (κ1) is 14.3. The summed E-state index contributed by atoms with van der Waals surface area (Å²) in [5.41, 5.74) is 4.34. The molecule has 1 saturated heterocycles. The highest BCUT2D eigenvalue weighted by Gasteiger charge is 2.32. The van der Waals surface area contributed by atoms with Crippen LogP contribution in [0.1, 0.15) is 25.8 Å². The maximum absolute atomic E-state index is 4.69. The van der Waals surface area contributed by atoms with Crippen molar-refractivity contribution in [1.29, 1.82) is 0 Å². The standard InChI is InChI=1S/C18H25N3/c1-4-5-8-16-14(2)12-15-7-6-9-19-18(15)21-11-10-20(3)13-17(16)21/h5-9,17H,4,10-13H2,1-3H3. The molecule has 0 aromatic carbocycles. The van der Waals surface area contributed by atoms with E-state index in [1.165, 1.54) is 22.5 Å². The number of aromatic nitrogens is 1. The van der Waals surface area contributed by atoms with Gasteiger partial charge in [-0.3, -0.25) is 0 Å². The lowest BCUT2D eigenvalue weighted by Gasteiger charge is -2.41. The van der Waals surface area contributed by atoms with E-state index in [4.69, 9.17) is 4.98 Å². The Morgan fingerprint density at radius 1 is 1.38 bits per heavy atom. The molecule has 2 aliphatic rings. The largest absolute Gasteiger partial charge is 0.347 e. The van der Waals surface area contributed by atoms with Gasteiger partial charge in [0.05, 0.1) is 6.04 Å². The summed E-state index contributed by atoms with van der Waals surface area (Å²) in [5.74, 6) is 1.19. The van der Waals surface area contributed by atoms with Gasteiger partial charge >= 0.3 is 0 Å². The van der Waals surface area contributed by atoms with Crippen molar-refractivity contribution in [2.24, 2.45) is 0 Å². The normalized spacial score (nSPS) is 23.2. The lowest BCUT2D eigenvalue weighted by atomic mass is 9.96. The molecular formula is C18H25N3. The second-order valence-electron chi connectivity index (χ2n) is 6.18. The number of allylic oxidation sites excluding steroid dienone is 2. The summed E-state index contributed by atoms with van der Waals surface area (Å²) >= 11 is 0. The molecule has 0 aliphatic carbocycles. The average molecular weight is 283 g/mol. The zero-order chi connectivity index (χ0) is 14.8. The molecule has 1 aromatic rings. The molecule has 1 aromatic heterocycles. The zero-order valence-electron chi connectivity index (χ0n) is 13.3. The van der Waals surface area contributed by atoms with Gasteiger partial charge in [-0.2, -0.15) is 0 Å². The van der Waals surface area contributed by atoms with Gasteiger partial charge in [0.25, 0.3) is 0 Å². The summed E-state index contributed by atoms with van der Waals surface area (Å²) in [6.45, 7) is 7.73. The van der Waals surface area contributed by atoms with Gasteiger partial charge in [0, 0.05) is 25.8 Å². The Morgan fingerprint density at radius 3 is 3.05 bits per heavy atom. The van der Waals surface area contributed by atoms with Crippen molar-refractivity contribution in [3.63, 3.8) is 0 Å². The van der Waals surface area contributed by atoms with Crippen LogP contribution < -0.4 is 4.90 Å². The van der Waals surface area contributed by atoms with Crippen molar-refractivity contribution in [3.8, 4) is 0 Å². The number of piperazine rings is 1. The third-order valence-electron chi connectivity index (χ3n) is 4.56. The van der Waals surface area contributed by atoms with E-state index < -0.39 is 0 Å². The van der Waals surface area contributed by atoms with Gasteiger partial charge in [-0.1, -0.05) is 30.7 Å². The van der Waals surface area contributed by atoms with Crippen LogP contribution in [-0.2, 0) is 6.42 Å². The molecule has 1 unspecified atom stereocenters. The molecule has 0 saturated carbocycles. The van der Waals surface area contributed by atoms with Crippen LogP contribution in [-0.4, -0.2) is 42.6 Å². The Hall–Kier alpha value is -1.61. The molecule has 1 atom stereocenters. The van der Waals surface area contributed by atoms with Gasteiger partial charge in [0.2, 0.25) is 0 Å². The number of nitrogens with zero attached hydrogens (tertiary/aromatic N) is 3. The van der Waals surface area contributed by atoms with E-state index in [1.54, 1.807) is 0 Å². The number of likely N-dealkylation sites (N-methyl/N-ethyl adjacent to an activating group) is 1. The predicted octanol–water partition coefficient (Wildman–Crippen LogP) is 3.04. The zero-order valence-corrected chi connectivity index (χ0v) is 13.3. The highest BCUT2D eigenvalue weighted by molar-refractivity contribution is 5.56. The molecule has 1 fully saturated rings. The Labute approximate surface area is 128 Å². The van der Waals surface area contributed by atoms with Gasteiger partial charge in [-0.25, -0.2) is 4.98 Å². The van der Waals surface area contributed by atoms with E-state index in [0.717, 1.165) is 32.5 Å². The molecule has 0 radical (unpaired) electrons. The molecule has 0 N–H and O–H groups in total. The SMILES string of the molecule is CCC=CC1=C(C)Cc2cccnc2N2CCN(C)CC12. The van der Waals surface area contributed by atoms with Crippen LogP contribution in [0.3, 0.4) is 0 Å². The molecule has 3 heterocycles. The quantitative estimate of drug-likeness (QED) is 0.831. The molecule has 21 heavy (non-hydrogen) atoms. The summed E-state index contributed by atoms with van der Waals surface area (Å²) in [5, 5.41) is 0. The molecule has 3 heteroatoms. The van der Waals surface area contributed by atoms with Crippen LogP contribution in [0.2, 0.25) is 0 Å². The van der Waals surface area contributed by atoms with Gasteiger partial charge in [-0.05, 0) is 44.0 Å². The number of pyridine rings is 1. The minimum absolute atomic E-state index is 0.433. The number of hydrogen-bond acceptors (Lipinski definition) is 3. The van der Waals surface area contributed by atoms with Gasteiger partial charge in [0.15, 0.2) is 0 Å². The highest BCUT2D eigenvalue weighted by Crippen LogP contribution is 2.33. The molecule has 0 amide bonds. The van der Waals surface area contributed by atoms with Crippen molar-refractivity contribution in [2.75, 3.05) is 31.6 Å². The average Bonchev–Trinajstić information content (AvgIpc) is 2.59. The van der Waals surface area contributed by atoms with Gasteiger partial charge in [0.1, 0.15) is 5.82 Å². The van der Waals surface area contributed by atoms with Crippen molar-refractivity contribution >= 4 is 5.82 Å². The van der Waals surface area contributed by atoms with Crippen molar-refractivity contribution in [2.45, 2.75) is 32.7 Å². The first-order valence-corrected chi connectivity index (χ1v) is 7.96. The molecule has 0 spiro atoms. The molecular weight excluding hydrogens is 258 g/mol. The van der Waals surface area contributed by atoms with Crippen LogP contribution in [0.4, 0.5) is 5.82 Å². The van der Waals surface area contributed by atoms with Gasteiger partial charge < -0.3 is 9.80 Å². The number of anilines is 1. The number of rotatable bonds is 2. The minimum atomic E-state index is 0.433. The van der Waals surface area contributed by atoms with Crippen molar-refractivity contribution < 1.29 is 0 Å². The Kier molecular flexibility index (Phi) is 4.11. The third kappa shape index (κ3) is 2.75. The highest BCUT2D eigenvalue weighted by atomic mass is 15.3. The van der Waals surface area contributed by atoms with Crippen molar-refractivity contribution in [1.82, 2.24) is 9.88 Å². The Morgan fingerprint density at radius 2 is 2.24 bits per heavy atom. The molecule has 3 nitrogen and oxygen atoms in total. The second kappa shape index (κ2) is 6.02. The second-order valence-corrected chi connectivity index (χ2v) is 6.18. The fraction of sp³-hybridized carbons (Fsp3) is 0.500.